The molecule has 1 aliphatic heterocycles. The molecule has 4 aromatic rings. The second-order valence-electron chi connectivity index (χ2n) is 6.89. The fourth-order valence-corrected chi connectivity index (χ4v) is 4.05. The van der Waals surface area contributed by atoms with Crippen LogP contribution in [0.5, 0.6) is 0 Å². The van der Waals surface area contributed by atoms with Gasteiger partial charge in [0.15, 0.2) is 5.65 Å². The highest BCUT2D eigenvalue weighted by molar-refractivity contribution is 6.35. The Morgan fingerprint density at radius 3 is 2.57 bits per heavy atom. The van der Waals surface area contributed by atoms with Gasteiger partial charge in [0, 0.05) is 31.9 Å². The van der Waals surface area contributed by atoms with Crippen LogP contribution in [0.3, 0.4) is 0 Å². The molecule has 1 aliphatic rings. The summed E-state index contributed by atoms with van der Waals surface area (Å²) in [5.74, 6) is 0.394. The molecule has 0 saturated carbocycles. The number of nitrogens with two attached hydrogens (primary N) is 1. The largest absolute Gasteiger partial charge is 0.384 e. The maximum Gasteiger partial charge on any atom is 0.282 e. The molecule has 0 aliphatic carbocycles. The molecule has 5 rings (SSSR count). The molecule has 28 heavy (non-hydrogen) atoms. The second-order valence-corrected chi connectivity index (χ2v) is 7.30. The van der Waals surface area contributed by atoms with Crippen molar-refractivity contribution >= 4 is 39.7 Å². The Kier molecular flexibility index (Phi) is 3.99. The molecule has 2 aromatic carbocycles. The lowest BCUT2D eigenvalue weighted by Gasteiger charge is -2.29. The summed E-state index contributed by atoms with van der Waals surface area (Å²) in [6, 6.07) is 13.5. The molecule has 0 bridgehead atoms. The summed E-state index contributed by atoms with van der Waals surface area (Å²) >= 11 is 6.21. The van der Waals surface area contributed by atoms with E-state index in [1.807, 2.05) is 12.1 Å². The van der Waals surface area contributed by atoms with E-state index in [0.29, 0.717) is 33.0 Å². The van der Waals surface area contributed by atoms with E-state index in [1.54, 1.807) is 18.2 Å². The Hall–Kier alpha value is -3.03. The number of hydrogen-bond acceptors (Lipinski definition) is 5. The van der Waals surface area contributed by atoms with E-state index < -0.39 is 0 Å². The topological polar surface area (TPSA) is 91.5 Å². The molecule has 0 spiro atoms. The minimum atomic E-state index is -0.263. The lowest BCUT2D eigenvalue weighted by molar-refractivity contribution is 0.589. The second kappa shape index (κ2) is 6.54. The number of halogens is 1. The predicted octanol–water partition coefficient (Wildman–Crippen LogP) is 2.49. The van der Waals surface area contributed by atoms with Crippen LogP contribution in [0, 0.1) is 0 Å². The standard InChI is InChI=1S/C20H19ClN6O/c21-14-2-1-3-15-17(14)20(28)27-19(24-15)16(18(22)25-27)12-4-6-13(7-5-12)26-10-8-23-9-11-26/h1-7,23,25H,8-11,22H2. The van der Waals surface area contributed by atoms with Crippen molar-refractivity contribution in [1.29, 1.82) is 0 Å². The number of nitrogen functional groups attached to an aromatic ring is 1. The minimum absolute atomic E-state index is 0.263. The van der Waals surface area contributed by atoms with Crippen LogP contribution in [0.15, 0.2) is 47.3 Å². The molecule has 3 heterocycles. The SMILES string of the molecule is Nc1[nH]n2c(=O)c3c(Cl)cccc3nc2c1-c1ccc(N2CCNCC2)cc1. The first-order valence-electron chi connectivity index (χ1n) is 9.18. The van der Waals surface area contributed by atoms with Crippen molar-refractivity contribution in [2.24, 2.45) is 0 Å². The number of nitrogens with one attached hydrogen (secondary N) is 2. The first kappa shape index (κ1) is 17.1. The van der Waals surface area contributed by atoms with Gasteiger partial charge in [0.25, 0.3) is 5.56 Å². The van der Waals surface area contributed by atoms with Crippen LogP contribution in [0.2, 0.25) is 5.02 Å². The fourth-order valence-electron chi connectivity index (χ4n) is 3.80. The number of benzene rings is 2. The predicted molar refractivity (Wildman–Crippen MR) is 113 cm³/mol. The molecule has 0 amide bonds. The number of piperazine rings is 1. The Balaban J connectivity index is 1.65. The summed E-state index contributed by atoms with van der Waals surface area (Å²) in [5.41, 5.74) is 9.80. The summed E-state index contributed by atoms with van der Waals surface area (Å²) in [6.45, 7) is 3.94. The Bertz CT molecular complexity index is 1240. The molecule has 142 valence electrons. The number of hydrogen-bond donors (Lipinski definition) is 3. The third-order valence-corrected chi connectivity index (χ3v) is 5.53. The molecule has 0 unspecified atom stereocenters. The monoisotopic (exact) mass is 394 g/mol. The van der Waals surface area contributed by atoms with Crippen molar-refractivity contribution in [3.05, 3.63) is 57.8 Å². The van der Waals surface area contributed by atoms with Crippen molar-refractivity contribution in [2.75, 3.05) is 36.8 Å². The Morgan fingerprint density at radius 1 is 1.07 bits per heavy atom. The number of nitrogens with zero attached hydrogens (tertiary/aromatic N) is 3. The lowest BCUT2D eigenvalue weighted by atomic mass is 10.1. The average molecular weight is 395 g/mol. The summed E-state index contributed by atoms with van der Waals surface area (Å²) in [6.07, 6.45) is 0. The first-order valence-corrected chi connectivity index (χ1v) is 9.56. The normalized spacial score (nSPS) is 14.8. The molecule has 8 heteroatoms. The van der Waals surface area contributed by atoms with Gasteiger partial charge in [0.2, 0.25) is 0 Å². The number of H-pyrrole nitrogens is 1. The maximum absolute atomic E-state index is 12.9. The fraction of sp³-hybridized carbons (Fsp3) is 0.200. The quantitative estimate of drug-likeness (QED) is 0.486. The third kappa shape index (κ3) is 2.63. The third-order valence-electron chi connectivity index (χ3n) is 5.21. The Morgan fingerprint density at radius 2 is 1.82 bits per heavy atom. The van der Waals surface area contributed by atoms with Gasteiger partial charge in [-0.1, -0.05) is 29.8 Å². The number of anilines is 2. The van der Waals surface area contributed by atoms with Gasteiger partial charge in [0.05, 0.1) is 21.5 Å². The summed E-state index contributed by atoms with van der Waals surface area (Å²) in [5, 5.41) is 7.04. The van der Waals surface area contributed by atoms with Crippen molar-refractivity contribution in [3.63, 3.8) is 0 Å². The van der Waals surface area contributed by atoms with E-state index in [9.17, 15) is 4.79 Å². The molecule has 1 saturated heterocycles. The van der Waals surface area contributed by atoms with Gasteiger partial charge in [-0.25, -0.2) is 4.98 Å². The van der Waals surface area contributed by atoms with Crippen molar-refractivity contribution in [1.82, 2.24) is 19.9 Å². The lowest BCUT2D eigenvalue weighted by Crippen LogP contribution is -2.43. The van der Waals surface area contributed by atoms with Gasteiger partial charge in [-0.05, 0) is 29.8 Å². The van der Waals surface area contributed by atoms with E-state index in [4.69, 9.17) is 17.3 Å². The molecule has 0 radical (unpaired) electrons. The highest BCUT2D eigenvalue weighted by Crippen LogP contribution is 2.31. The van der Waals surface area contributed by atoms with Gasteiger partial charge in [-0.2, -0.15) is 4.52 Å². The van der Waals surface area contributed by atoms with Crippen molar-refractivity contribution in [2.45, 2.75) is 0 Å². The van der Waals surface area contributed by atoms with Gasteiger partial charge < -0.3 is 16.0 Å². The van der Waals surface area contributed by atoms with Crippen LogP contribution in [0.4, 0.5) is 11.5 Å². The van der Waals surface area contributed by atoms with Gasteiger partial charge in [0.1, 0.15) is 5.82 Å². The van der Waals surface area contributed by atoms with Crippen LogP contribution in [0.25, 0.3) is 27.7 Å². The maximum atomic E-state index is 12.9. The van der Waals surface area contributed by atoms with E-state index >= 15 is 0 Å². The summed E-state index contributed by atoms with van der Waals surface area (Å²) in [4.78, 5) is 19.9. The van der Waals surface area contributed by atoms with Crippen LogP contribution in [-0.2, 0) is 0 Å². The number of aromatic nitrogens is 3. The number of rotatable bonds is 2. The summed E-state index contributed by atoms with van der Waals surface area (Å²) in [7, 11) is 0. The van der Waals surface area contributed by atoms with Crippen molar-refractivity contribution < 1.29 is 0 Å². The molecular formula is C20H19ClN6O. The average Bonchev–Trinajstić information content (AvgIpc) is 3.05. The van der Waals surface area contributed by atoms with Crippen molar-refractivity contribution in [3.8, 4) is 11.1 Å². The van der Waals surface area contributed by atoms with Gasteiger partial charge in [-0.3, -0.25) is 9.89 Å². The molecule has 2 aromatic heterocycles. The molecule has 4 N–H and O–H groups in total. The summed E-state index contributed by atoms with van der Waals surface area (Å²) < 4.78 is 1.36. The first-order chi connectivity index (χ1) is 13.6. The zero-order valence-electron chi connectivity index (χ0n) is 15.1. The molecule has 1 fully saturated rings. The minimum Gasteiger partial charge on any atom is -0.384 e. The van der Waals surface area contributed by atoms with E-state index in [-0.39, 0.29) is 5.56 Å². The number of fused-ring (bicyclic) bond motifs is 2. The van der Waals surface area contributed by atoms with Crippen LogP contribution in [-0.4, -0.2) is 40.8 Å². The zero-order valence-corrected chi connectivity index (χ0v) is 15.8. The Labute approximate surface area is 165 Å². The van der Waals surface area contributed by atoms with Gasteiger partial charge in [-0.15, -0.1) is 0 Å². The zero-order chi connectivity index (χ0) is 19.3. The number of aromatic amines is 1. The smallest absolute Gasteiger partial charge is 0.282 e. The highest BCUT2D eigenvalue weighted by Gasteiger charge is 2.18. The van der Waals surface area contributed by atoms with Crippen LogP contribution < -0.4 is 21.5 Å². The van der Waals surface area contributed by atoms with Crippen LogP contribution >= 0.6 is 11.6 Å². The molecular weight excluding hydrogens is 376 g/mol. The van der Waals surface area contributed by atoms with Crippen LogP contribution in [0.1, 0.15) is 0 Å². The van der Waals surface area contributed by atoms with E-state index in [1.165, 1.54) is 10.2 Å². The van der Waals surface area contributed by atoms with E-state index in [2.05, 4.69) is 32.4 Å². The molecule has 0 atom stereocenters. The van der Waals surface area contributed by atoms with E-state index in [0.717, 1.165) is 31.7 Å². The van der Waals surface area contributed by atoms with Gasteiger partial charge >= 0.3 is 0 Å². The highest BCUT2D eigenvalue weighted by atomic mass is 35.5. The molecule has 7 nitrogen and oxygen atoms in total.